The van der Waals surface area contributed by atoms with Gasteiger partial charge < -0.3 is 4.90 Å². The Kier molecular flexibility index (Phi) is 5.28. The van der Waals surface area contributed by atoms with Crippen LogP contribution in [0.2, 0.25) is 0 Å². The number of hydrogen-bond acceptors (Lipinski definition) is 4. The van der Waals surface area contributed by atoms with Gasteiger partial charge in [-0.2, -0.15) is 11.8 Å². The van der Waals surface area contributed by atoms with Crippen molar-refractivity contribution in [1.82, 2.24) is 4.90 Å². The molecule has 0 fully saturated rings. The van der Waals surface area contributed by atoms with Crippen LogP contribution in [-0.2, 0) is 5.75 Å². The van der Waals surface area contributed by atoms with E-state index in [1.54, 1.807) is 12.1 Å². The first-order valence-electron chi connectivity index (χ1n) is 5.05. The second kappa shape index (κ2) is 6.50. The maximum atomic E-state index is 10.4. The van der Waals surface area contributed by atoms with Crippen molar-refractivity contribution < 1.29 is 4.92 Å². The molecule has 16 heavy (non-hydrogen) atoms. The van der Waals surface area contributed by atoms with Gasteiger partial charge in [0.2, 0.25) is 0 Å². The summed E-state index contributed by atoms with van der Waals surface area (Å²) < 4.78 is 0. The summed E-state index contributed by atoms with van der Waals surface area (Å²) in [5.41, 5.74) is 1.29. The lowest BCUT2D eigenvalue weighted by molar-refractivity contribution is -0.384. The SMILES string of the molecule is CN(C)CCSCc1ccc([N+](=O)[O-])cc1. The van der Waals surface area contributed by atoms with E-state index < -0.39 is 0 Å². The highest BCUT2D eigenvalue weighted by Crippen LogP contribution is 2.16. The molecule has 5 heteroatoms. The summed E-state index contributed by atoms with van der Waals surface area (Å²) in [6.45, 7) is 1.05. The molecule has 0 unspecified atom stereocenters. The molecule has 0 bridgehead atoms. The molecule has 0 heterocycles. The average Bonchev–Trinajstić information content (AvgIpc) is 2.25. The van der Waals surface area contributed by atoms with Gasteiger partial charge in [-0.15, -0.1) is 0 Å². The summed E-state index contributed by atoms with van der Waals surface area (Å²) in [5.74, 6) is 1.98. The molecule has 1 rings (SSSR count). The fraction of sp³-hybridized carbons (Fsp3) is 0.455. The number of nitro benzene ring substituents is 1. The summed E-state index contributed by atoms with van der Waals surface area (Å²) in [6.07, 6.45) is 0. The zero-order valence-electron chi connectivity index (χ0n) is 9.55. The average molecular weight is 240 g/mol. The van der Waals surface area contributed by atoms with Crippen LogP contribution >= 0.6 is 11.8 Å². The van der Waals surface area contributed by atoms with Crippen molar-refractivity contribution in [1.29, 1.82) is 0 Å². The van der Waals surface area contributed by atoms with Crippen LogP contribution in [0.4, 0.5) is 5.69 Å². The van der Waals surface area contributed by atoms with E-state index in [0.717, 1.165) is 23.6 Å². The molecule has 88 valence electrons. The van der Waals surface area contributed by atoms with E-state index >= 15 is 0 Å². The molecule has 0 spiro atoms. The van der Waals surface area contributed by atoms with Crippen molar-refractivity contribution in [2.45, 2.75) is 5.75 Å². The normalized spacial score (nSPS) is 10.7. The number of thioether (sulfide) groups is 1. The Morgan fingerprint density at radius 1 is 1.31 bits per heavy atom. The van der Waals surface area contributed by atoms with Crippen molar-refractivity contribution in [3.63, 3.8) is 0 Å². The van der Waals surface area contributed by atoms with E-state index in [1.807, 2.05) is 38.0 Å². The summed E-state index contributed by atoms with van der Waals surface area (Å²) in [4.78, 5) is 12.2. The molecule has 0 aromatic heterocycles. The molecule has 4 nitrogen and oxygen atoms in total. The molecular formula is C11H16N2O2S. The Labute approximate surface area is 99.8 Å². The van der Waals surface area contributed by atoms with E-state index in [1.165, 1.54) is 0 Å². The highest BCUT2D eigenvalue weighted by atomic mass is 32.2. The molecule has 0 N–H and O–H groups in total. The summed E-state index contributed by atoms with van der Waals surface area (Å²) in [5, 5.41) is 10.4. The van der Waals surface area contributed by atoms with Crippen molar-refractivity contribution in [2.75, 3.05) is 26.4 Å². The third-order valence-electron chi connectivity index (χ3n) is 2.10. The van der Waals surface area contributed by atoms with E-state index in [0.29, 0.717) is 0 Å². The molecule has 0 saturated heterocycles. The van der Waals surface area contributed by atoms with Gasteiger partial charge in [-0.05, 0) is 19.7 Å². The molecule has 0 aliphatic rings. The second-order valence-electron chi connectivity index (χ2n) is 3.78. The first-order valence-corrected chi connectivity index (χ1v) is 6.21. The first kappa shape index (κ1) is 13.0. The van der Waals surface area contributed by atoms with Crippen LogP contribution in [0.25, 0.3) is 0 Å². The number of nitrogens with zero attached hydrogens (tertiary/aromatic N) is 2. The Morgan fingerprint density at radius 2 is 1.94 bits per heavy atom. The topological polar surface area (TPSA) is 46.4 Å². The maximum Gasteiger partial charge on any atom is 0.269 e. The van der Waals surface area contributed by atoms with E-state index in [4.69, 9.17) is 0 Å². The fourth-order valence-corrected chi connectivity index (χ4v) is 2.22. The van der Waals surface area contributed by atoms with Gasteiger partial charge in [0.15, 0.2) is 0 Å². The molecule has 0 saturated carbocycles. The van der Waals surface area contributed by atoms with Crippen LogP contribution in [0.3, 0.4) is 0 Å². The number of nitro groups is 1. The maximum absolute atomic E-state index is 10.4. The third kappa shape index (κ3) is 4.63. The van der Waals surface area contributed by atoms with Gasteiger partial charge in [0, 0.05) is 30.2 Å². The van der Waals surface area contributed by atoms with Crippen LogP contribution < -0.4 is 0 Å². The van der Waals surface area contributed by atoms with Gasteiger partial charge in [-0.25, -0.2) is 0 Å². The Bertz CT molecular complexity index is 338. The van der Waals surface area contributed by atoms with Gasteiger partial charge in [-0.1, -0.05) is 12.1 Å². The van der Waals surface area contributed by atoms with Crippen molar-refractivity contribution >= 4 is 17.4 Å². The van der Waals surface area contributed by atoms with E-state index in [9.17, 15) is 10.1 Å². The smallest absolute Gasteiger partial charge is 0.269 e. The molecule has 0 aliphatic carbocycles. The van der Waals surface area contributed by atoms with Crippen LogP contribution in [0.1, 0.15) is 5.56 Å². The molecule has 0 atom stereocenters. The van der Waals surface area contributed by atoms with Crippen LogP contribution in [0.5, 0.6) is 0 Å². The van der Waals surface area contributed by atoms with Crippen molar-refractivity contribution in [3.05, 3.63) is 39.9 Å². The zero-order chi connectivity index (χ0) is 12.0. The molecule has 0 radical (unpaired) electrons. The second-order valence-corrected chi connectivity index (χ2v) is 4.88. The van der Waals surface area contributed by atoms with E-state index in [-0.39, 0.29) is 10.6 Å². The molecule has 0 amide bonds. The largest absolute Gasteiger partial charge is 0.309 e. The van der Waals surface area contributed by atoms with Crippen molar-refractivity contribution in [3.8, 4) is 0 Å². The van der Waals surface area contributed by atoms with Crippen LogP contribution in [-0.4, -0.2) is 36.2 Å². The number of hydrogen-bond donors (Lipinski definition) is 0. The summed E-state index contributed by atoms with van der Waals surface area (Å²) in [7, 11) is 4.10. The Morgan fingerprint density at radius 3 is 2.44 bits per heavy atom. The predicted molar refractivity (Wildman–Crippen MR) is 67.8 cm³/mol. The minimum absolute atomic E-state index is 0.155. The minimum atomic E-state index is -0.372. The van der Waals surface area contributed by atoms with Crippen LogP contribution in [0, 0.1) is 10.1 Å². The minimum Gasteiger partial charge on any atom is -0.309 e. The number of non-ortho nitro benzene ring substituents is 1. The predicted octanol–water partition coefficient (Wildman–Crippen LogP) is 2.39. The first-order chi connectivity index (χ1) is 7.59. The van der Waals surface area contributed by atoms with Crippen LogP contribution in [0.15, 0.2) is 24.3 Å². The lowest BCUT2D eigenvalue weighted by Crippen LogP contribution is -2.14. The fourth-order valence-electron chi connectivity index (χ4n) is 1.15. The van der Waals surface area contributed by atoms with Gasteiger partial charge in [0.05, 0.1) is 4.92 Å². The van der Waals surface area contributed by atoms with Crippen molar-refractivity contribution in [2.24, 2.45) is 0 Å². The Hall–Kier alpha value is -1.07. The Balaban J connectivity index is 2.35. The number of rotatable bonds is 6. The molecule has 1 aromatic carbocycles. The lowest BCUT2D eigenvalue weighted by atomic mass is 10.2. The standard InChI is InChI=1S/C11H16N2O2S/c1-12(2)7-8-16-9-10-3-5-11(6-4-10)13(14)15/h3-6H,7-9H2,1-2H3. The lowest BCUT2D eigenvalue weighted by Gasteiger charge is -2.08. The van der Waals surface area contributed by atoms with Gasteiger partial charge >= 0.3 is 0 Å². The van der Waals surface area contributed by atoms with Gasteiger partial charge in [0.1, 0.15) is 0 Å². The monoisotopic (exact) mass is 240 g/mol. The highest BCUT2D eigenvalue weighted by Gasteiger charge is 2.03. The highest BCUT2D eigenvalue weighted by molar-refractivity contribution is 7.98. The molecule has 1 aromatic rings. The number of benzene rings is 1. The summed E-state index contributed by atoms with van der Waals surface area (Å²) in [6, 6.07) is 6.76. The van der Waals surface area contributed by atoms with E-state index in [2.05, 4.69) is 4.90 Å². The quantitative estimate of drug-likeness (QED) is 0.435. The third-order valence-corrected chi connectivity index (χ3v) is 3.11. The zero-order valence-corrected chi connectivity index (χ0v) is 10.4. The molecule has 0 aliphatic heterocycles. The van der Waals surface area contributed by atoms with Gasteiger partial charge in [0.25, 0.3) is 5.69 Å². The van der Waals surface area contributed by atoms with Gasteiger partial charge in [-0.3, -0.25) is 10.1 Å². The molecular weight excluding hydrogens is 224 g/mol. The summed E-state index contributed by atoms with van der Waals surface area (Å²) >= 11 is 1.84.